The molecule has 1 aromatic carbocycles. The van der Waals surface area contributed by atoms with Crippen molar-refractivity contribution in [2.75, 3.05) is 6.54 Å². The minimum Gasteiger partial charge on any atom is -0.489 e. The second-order valence-corrected chi connectivity index (χ2v) is 3.94. The monoisotopic (exact) mass is 214 g/mol. The van der Waals surface area contributed by atoms with Crippen LogP contribution in [0.1, 0.15) is 19.4 Å². The number of hydrogen-bond donors (Lipinski definition) is 1. The summed E-state index contributed by atoms with van der Waals surface area (Å²) in [6.07, 6.45) is 1.12. The van der Waals surface area contributed by atoms with Gasteiger partial charge >= 0.3 is 0 Å². The summed E-state index contributed by atoms with van der Waals surface area (Å²) in [5.74, 6) is 0.759. The zero-order valence-electron chi connectivity index (χ0n) is 8.72. The van der Waals surface area contributed by atoms with Crippen molar-refractivity contribution in [3.05, 3.63) is 28.8 Å². The van der Waals surface area contributed by atoms with Crippen molar-refractivity contribution < 1.29 is 10.5 Å². The second kappa shape index (κ2) is 5.23. The molecule has 14 heavy (non-hydrogen) atoms. The molecule has 0 spiro atoms. The molecule has 0 amide bonds. The number of benzene rings is 1. The van der Waals surface area contributed by atoms with Gasteiger partial charge in [-0.15, -0.1) is 0 Å². The lowest BCUT2D eigenvalue weighted by Crippen LogP contribution is -2.51. The van der Waals surface area contributed by atoms with Crippen LogP contribution in [0.4, 0.5) is 0 Å². The second-order valence-electron chi connectivity index (χ2n) is 3.53. The highest BCUT2D eigenvalue weighted by Crippen LogP contribution is 2.26. The lowest BCUT2D eigenvalue weighted by molar-refractivity contribution is -0.366. The highest BCUT2D eigenvalue weighted by Gasteiger charge is 2.04. The lowest BCUT2D eigenvalue weighted by atomic mass is 10.1. The van der Waals surface area contributed by atoms with E-state index in [0.717, 1.165) is 18.7 Å². The minimum atomic E-state index is 0.159. The molecule has 3 heteroatoms. The first kappa shape index (κ1) is 11.3. The van der Waals surface area contributed by atoms with Gasteiger partial charge < -0.3 is 10.5 Å². The molecule has 0 radical (unpaired) electrons. The van der Waals surface area contributed by atoms with Crippen LogP contribution in [0.5, 0.6) is 5.75 Å². The van der Waals surface area contributed by atoms with Gasteiger partial charge in [0.1, 0.15) is 5.75 Å². The van der Waals surface area contributed by atoms with Gasteiger partial charge in [0, 0.05) is 6.42 Å². The van der Waals surface area contributed by atoms with E-state index in [4.69, 9.17) is 16.3 Å². The van der Waals surface area contributed by atoms with E-state index in [9.17, 15) is 0 Å². The molecule has 0 fully saturated rings. The molecule has 1 rings (SSSR count). The largest absolute Gasteiger partial charge is 0.489 e. The average Bonchev–Trinajstić information content (AvgIpc) is 2.10. The number of rotatable bonds is 4. The predicted molar refractivity (Wildman–Crippen MR) is 58.7 cm³/mol. The SMILES string of the molecule is CC(C)Oc1ccc(CC[NH3+])cc1Cl. The van der Waals surface area contributed by atoms with Gasteiger partial charge in [-0.25, -0.2) is 0 Å². The molecular weight excluding hydrogens is 198 g/mol. The maximum absolute atomic E-state index is 6.06. The molecule has 0 bridgehead atoms. The minimum absolute atomic E-state index is 0.159. The quantitative estimate of drug-likeness (QED) is 0.817. The van der Waals surface area contributed by atoms with E-state index in [-0.39, 0.29) is 6.10 Å². The van der Waals surface area contributed by atoms with Crippen molar-refractivity contribution in [2.45, 2.75) is 26.4 Å². The Kier molecular flexibility index (Phi) is 4.23. The fraction of sp³-hybridized carbons (Fsp3) is 0.455. The fourth-order valence-electron chi connectivity index (χ4n) is 1.25. The summed E-state index contributed by atoms with van der Waals surface area (Å²) < 4.78 is 5.53. The lowest BCUT2D eigenvalue weighted by Gasteiger charge is -2.11. The summed E-state index contributed by atoms with van der Waals surface area (Å²) in [5, 5.41) is 0.685. The summed E-state index contributed by atoms with van der Waals surface area (Å²) in [6.45, 7) is 4.86. The molecule has 0 aromatic heterocycles. The molecule has 0 saturated heterocycles. The molecular formula is C11H17ClNO+. The zero-order chi connectivity index (χ0) is 10.6. The smallest absolute Gasteiger partial charge is 0.138 e. The van der Waals surface area contributed by atoms with E-state index in [1.165, 1.54) is 5.56 Å². The van der Waals surface area contributed by atoms with Crippen LogP contribution in [0.15, 0.2) is 18.2 Å². The van der Waals surface area contributed by atoms with Crippen LogP contribution >= 0.6 is 11.6 Å². The molecule has 0 unspecified atom stereocenters. The Bertz CT molecular complexity index is 299. The topological polar surface area (TPSA) is 36.9 Å². The maximum Gasteiger partial charge on any atom is 0.138 e. The molecule has 0 aliphatic heterocycles. The Balaban J connectivity index is 2.79. The Labute approximate surface area is 90.0 Å². The molecule has 0 atom stereocenters. The van der Waals surface area contributed by atoms with Crippen LogP contribution in [0.25, 0.3) is 0 Å². The Morgan fingerprint density at radius 2 is 2.14 bits per heavy atom. The summed E-state index contributed by atoms with van der Waals surface area (Å²) in [6, 6.07) is 5.91. The van der Waals surface area contributed by atoms with Gasteiger partial charge in [-0.2, -0.15) is 0 Å². The number of quaternary nitrogens is 1. The van der Waals surface area contributed by atoms with Crippen LogP contribution in [-0.4, -0.2) is 12.6 Å². The normalized spacial score (nSPS) is 10.6. The van der Waals surface area contributed by atoms with Gasteiger partial charge in [0.15, 0.2) is 0 Å². The Morgan fingerprint density at radius 3 is 2.64 bits per heavy atom. The van der Waals surface area contributed by atoms with E-state index in [2.05, 4.69) is 5.73 Å². The molecule has 1 aromatic rings. The van der Waals surface area contributed by atoms with Crippen molar-refractivity contribution in [3.8, 4) is 5.75 Å². The summed E-state index contributed by atoms with van der Waals surface area (Å²) in [7, 11) is 0. The summed E-state index contributed by atoms with van der Waals surface area (Å²) in [4.78, 5) is 0. The van der Waals surface area contributed by atoms with Crippen LogP contribution in [-0.2, 0) is 6.42 Å². The first-order chi connectivity index (χ1) is 6.63. The van der Waals surface area contributed by atoms with Gasteiger partial charge in [-0.1, -0.05) is 17.7 Å². The van der Waals surface area contributed by atoms with E-state index in [1.54, 1.807) is 0 Å². The highest BCUT2D eigenvalue weighted by molar-refractivity contribution is 6.32. The Hall–Kier alpha value is -0.730. The van der Waals surface area contributed by atoms with Crippen molar-refractivity contribution in [3.63, 3.8) is 0 Å². The van der Waals surface area contributed by atoms with E-state index >= 15 is 0 Å². The first-order valence-electron chi connectivity index (χ1n) is 4.88. The van der Waals surface area contributed by atoms with Gasteiger partial charge in [0.2, 0.25) is 0 Å². The van der Waals surface area contributed by atoms with Gasteiger partial charge in [-0.3, -0.25) is 0 Å². The van der Waals surface area contributed by atoms with Gasteiger partial charge in [-0.05, 0) is 31.5 Å². The number of ether oxygens (including phenoxy) is 1. The van der Waals surface area contributed by atoms with Crippen molar-refractivity contribution in [2.24, 2.45) is 0 Å². The van der Waals surface area contributed by atoms with E-state index < -0.39 is 0 Å². The van der Waals surface area contributed by atoms with Crippen LogP contribution in [0, 0.1) is 0 Å². The molecule has 0 heterocycles. The molecule has 78 valence electrons. The van der Waals surface area contributed by atoms with Crippen molar-refractivity contribution in [1.82, 2.24) is 0 Å². The third-order valence-electron chi connectivity index (χ3n) is 1.82. The van der Waals surface area contributed by atoms with Crippen LogP contribution < -0.4 is 10.5 Å². The number of hydrogen-bond acceptors (Lipinski definition) is 1. The third-order valence-corrected chi connectivity index (χ3v) is 2.12. The van der Waals surface area contributed by atoms with E-state index in [1.807, 2.05) is 32.0 Å². The van der Waals surface area contributed by atoms with Crippen LogP contribution in [0.2, 0.25) is 5.02 Å². The van der Waals surface area contributed by atoms with Crippen LogP contribution in [0.3, 0.4) is 0 Å². The molecule has 0 aliphatic carbocycles. The maximum atomic E-state index is 6.06. The van der Waals surface area contributed by atoms with Gasteiger partial charge in [0.25, 0.3) is 0 Å². The molecule has 2 nitrogen and oxygen atoms in total. The standard InChI is InChI=1S/C11H16ClNO/c1-8(2)14-11-4-3-9(5-6-13)7-10(11)12/h3-4,7-8H,5-6,13H2,1-2H3/p+1. The highest BCUT2D eigenvalue weighted by atomic mass is 35.5. The molecule has 0 saturated carbocycles. The summed E-state index contributed by atoms with van der Waals surface area (Å²) in [5.41, 5.74) is 5.02. The fourth-order valence-corrected chi connectivity index (χ4v) is 1.50. The Morgan fingerprint density at radius 1 is 1.43 bits per heavy atom. The van der Waals surface area contributed by atoms with Crippen molar-refractivity contribution >= 4 is 11.6 Å². The molecule has 0 aliphatic rings. The summed E-state index contributed by atoms with van der Waals surface area (Å²) >= 11 is 6.06. The number of halogens is 1. The van der Waals surface area contributed by atoms with Crippen molar-refractivity contribution in [1.29, 1.82) is 0 Å². The predicted octanol–water partition coefficient (Wildman–Crippen LogP) is 1.91. The first-order valence-corrected chi connectivity index (χ1v) is 5.25. The van der Waals surface area contributed by atoms with Gasteiger partial charge in [0.05, 0.1) is 17.7 Å². The average molecular weight is 215 g/mol. The zero-order valence-corrected chi connectivity index (χ0v) is 9.47. The third kappa shape index (κ3) is 3.20. The molecule has 3 N–H and O–H groups in total. The van der Waals surface area contributed by atoms with E-state index in [0.29, 0.717) is 5.02 Å².